The molecular weight excluding hydrogens is 396 g/mol. The highest BCUT2D eigenvalue weighted by atomic mass is 35.5. The van der Waals surface area contributed by atoms with Crippen molar-refractivity contribution in [2.75, 3.05) is 13.7 Å². The summed E-state index contributed by atoms with van der Waals surface area (Å²) >= 11 is 0. The molecule has 3 rings (SSSR count). The summed E-state index contributed by atoms with van der Waals surface area (Å²) in [6, 6.07) is 13.0. The van der Waals surface area contributed by atoms with Crippen molar-refractivity contribution in [2.24, 2.45) is 0 Å². The summed E-state index contributed by atoms with van der Waals surface area (Å²) in [6.07, 6.45) is -0.813. The van der Waals surface area contributed by atoms with Crippen molar-refractivity contribution < 1.29 is 24.1 Å². The van der Waals surface area contributed by atoms with E-state index in [4.69, 9.17) is 14.2 Å². The maximum atomic E-state index is 11.2. The predicted molar refractivity (Wildman–Crippen MR) is 112 cm³/mol. The number of nitrogens with zero attached hydrogens (tertiary/aromatic N) is 1. The minimum atomic E-state index is -0.961. The molecule has 2 N–H and O–H groups in total. The van der Waals surface area contributed by atoms with Gasteiger partial charge in [0.15, 0.2) is 12.2 Å². The first-order chi connectivity index (χ1) is 13.5. The molecule has 2 unspecified atom stereocenters. The van der Waals surface area contributed by atoms with Crippen LogP contribution in [0.1, 0.15) is 31.3 Å². The van der Waals surface area contributed by atoms with Gasteiger partial charge in [-0.25, -0.2) is 9.78 Å². The highest BCUT2D eigenvalue weighted by Gasteiger charge is 2.18. The number of aromatic nitrogens is 2. The van der Waals surface area contributed by atoms with Gasteiger partial charge in [0.1, 0.15) is 17.3 Å². The molecule has 0 aliphatic carbocycles. The second kappa shape index (κ2) is 10.1. The van der Waals surface area contributed by atoms with Crippen LogP contribution in [0.3, 0.4) is 0 Å². The number of benzene rings is 2. The summed E-state index contributed by atoms with van der Waals surface area (Å²) in [4.78, 5) is 19.0. The Hall–Kier alpha value is -2.77. The number of aliphatic carboxylic acids is 1. The zero-order valence-electron chi connectivity index (χ0n) is 16.5. The minimum absolute atomic E-state index is 0. The molecule has 1 heterocycles. The van der Waals surface area contributed by atoms with Crippen molar-refractivity contribution in [3.05, 3.63) is 53.9 Å². The molecule has 0 bridgehead atoms. The fourth-order valence-corrected chi connectivity index (χ4v) is 2.92. The third-order valence-electron chi connectivity index (χ3n) is 4.39. The molecule has 0 fully saturated rings. The predicted octanol–water partition coefficient (Wildman–Crippen LogP) is 4.17. The van der Waals surface area contributed by atoms with E-state index in [1.54, 1.807) is 14.0 Å². The van der Waals surface area contributed by atoms with Crippen LogP contribution in [0.2, 0.25) is 0 Å². The number of hydrogen-bond donors (Lipinski definition) is 2. The summed E-state index contributed by atoms with van der Waals surface area (Å²) < 4.78 is 16.5. The molecule has 7 nitrogen and oxygen atoms in total. The van der Waals surface area contributed by atoms with Crippen molar-refractivity contribution >= 4 is 29.4 Å². The quantitative estimate of drug-likeness (QED) is 0.539. The number of hydrogen-bond acceptors (Lipinski definition) is 5. The van der Waals surface area contributed by atoms with Crippen LogP contribution in [0.4, 0.5) is 0 Å². The van der Waals surface area contributed by atoms with E-state index in [2.05, 4.69) is 9.97 Å². The van der Waals surface area contributed by atoms with Crippen LogP contribution in [0.5, 0.6) is 11.5 Å². The van der Waals surface area contributed by atoms with Gasteiger partial charge in [0.05, 0.1) is 18.1 Å². The smallest absolute Gasteiger partial charge is 0.333 e. The largest absolute Gasteiger partial charge is 0.497 e. The van der Waals surface area contributed by atoms with Crippen LogP contribution in [-0.4, -0.2) is 40.9 Å². The summed E-state index contributed by atoms with van der Waals surface area (Å²) in [6.45, 7) is 4.06. The molecule has 0 saturated carbocycles. The highest BCUT2D eigenvalue weighted by molar-refractivity contribution is 5.85. The van der Waals surface area contributed by atoms with E-state index >= 15 is 0 Å². The SMILES string of the molecule is CCOC(Cc1ccc(OC(C)c2nc3ccc(OC)cc3[nH]2)cc1)C(=O)O.Cl. The van der Waals surface area contributed by atoms with E-state index in [9.17, 15) is 9.90 Å². The standard InChI is InChI=1S/C21H24N2O5.ClH/c1-4-27-19(21(24)25)11-14-5-7-15(8-6-14)28-13(2)20-22-17-10-9-16(26-3)12-18(17)23-20;/h5-10,12-13,19H,4,11H2,1-3H3,(H,22,23)(H,24,25);1H. The molecule has 0 aliphatic rings. The number of carboxylic acid groups (broad SMARTS) is 1. The monoisotopic (exact) mass is 420 g/mol. The van der Waals surface area contributed by atoms with Crippen molar-refractivity contribution in [3.8, 4) is 11.5 Å². The normalized spacial score (nSPS) is 12.8. The molecule has 3 aromatic rings. The van der Waals surface area contributed by atoms with E-state index in [-0.39, 0.29) is 18.5 Å². The number of H-pyrrole nitrogens is 1. The maximum Gasteiger partial charge on any atom is 0.333 e. The molecule has 0 spiro atoms. The van der Waals surface area contributed by atoms with E-state index in [0.29, 0.717) is 18.8 Å². The Morgan fingerprint density at radius 1 is 1.17 bits per heavy atom. The molecule has 1 aromatic heterocycles. The number of halogens is 1. The third kappa shape index (κ3) is 5.62. The van der Waals surface area contributed by atoms with Crippen molar-refractivity contribution in [1.82, 2.24) is 9.97 Å². The fourth-order valence-electron chi connectivity index (χ4n) is 2.92. The Bertz CT molecular complexity index is 942. The van der Waals surface area contributed by atoms with Gasteiger partial charge in [-0.15, -0.1) is 12.4 Å². The molecule has 8 heteroatoms. The van der Waals surface area contributed by atoms with Gasteiger partial charge in [0.25, 0.3) is 0 Å². The number of nitrogens with one attached hydrogen (secondary N) is 1. The Kier molecular flexibility index (Phi) is 7.87. The lowest BCUT2D eigenvalue weighted by Crippen LogP contribution is -2.26. The average Bonchev–Trinajstić information content (AvgIpc) is 3.12. The first-order valence-electron chi connectivity index (χ1n) is 9.13. The summed E-state index contributed by atoms with van der Waals surface area (Å²) in [5.41, 5.74) is 2.60. The number of aromatic amines is 1. The average molecular weight is 421 g/mol. The van der Waals surface area contributed by atoms with E-state index in [1.807, 2.05) is 49.4 Å². The molecule has 0 saturated heterocycles. The summed E-state index contributed by atoms with van der Waals surface area (Å²) in [7, 11) is 1.63. The number of rotatable bonds is 9. The van der Waals surface area contributed by atoms with Gasteiger partial charge in [0.2, 0.25) is 0 Å². The van der Waals surface area contributed by atoms with Gasteiger partial charge in [-0.05, 0) is 43.7 Å². The Morgan fingerprint density at radius 2 is 1.86 bits per heavy atom. The molecular formula is C21H25ClN2O5. The fraction of sp³-hybridized carbons (Fsp3) is 0.333. The van der Waals surface area contributed by atoms with Gasteiger partial charge < -0.3 is 24.3 Å². The first-order valence-corrected chi connectivity index (χ1v) is 9.13. The first kappa shape index (κ1) is 22.5. The lowest BCUT2D eigenvalue weighted by atomic mass is 10.1. The molecule has 0 amide bonds. The number of imidazole rings is 1. The van der Waals surface area contributed by atoms with Crippen molar-refractivity contribution in [1.29, 1.82) is 0 Å². The second-order valence-electron chi connectivity index (χ2n) is 6.40. The number of carboxylic acids is 1. The summed E-state index contributed by atoms with van der Waals surface area (Å²) in [5, 5.41) is 9.19. The number of carbonyl (C=O) groups is 1. The van der Waals surface area contributed by atoms with Gasteiger partial charge in [-0.2, -0.15) is 0 Å². The van der Waals surface area contributed by atoms with Crippen molar-refractivity contribution in [2.45, 2.75) is 32.5 Å². The lowest BCUT2D eigenvalue weighted by molar-refractivity contribution is -0.149. The van der Waals surface area contributed by atoms with Crippen molar-refractivity contribution in [3.63, 3.8) is 0 Å². The van der Waals surface area contributed by atoms with Gasteiger partial charge in [-0.1, -0.05) is 12.1 Å². The highest BCUT2D eigenvalue weighted by Crippen LogP contribution is 2.25. The van der Waals surface area contributed by atoms with E-state index in [0.717, 1.165) is 28.2 Å². The number of fused-ring (bicyclic) bond motifs is 1. The van der Waals surface area contributed by atoms with Crippen LogP contribution in [0, 0.1) is 0 Å². The topological polar surface area (TPSA) is 93.7 Å². The third-order valence-corrected chi connectivity index (χ3v) is 4.39. The van der Waals surface area contributed by atoms with Gasteiger partial charge >= 0.3 is 5.97 Å². The van der Waals surface area contributed by atoms with Crippen LogP contribution < -0.4 is 9.47 Å². The maximum absolute atomic E-state index is 11.2. The second-order valence-corrected chi connectivity index (χ2v) is 6.40. The molecule has 29 heavy (non-hydrogen) atoms. The Balaban J connectivity index is 0.00000300. The Morgan fingerprint density at radius 3 is 2.48 bits per heavy atom. The van der Waals surface area contributed by atoms with Crippen LogP contribution in [0.15, 0.2) is 42.5 Å². The molecule has 0 radical (unpaired) electrons. The van der Waals surface area contributed by atoms with Gasteiger partial charge in [-0.3, -0.25) is 0 Å². The van der Waals surface area contributed by atoms with Crippen LogP contribution in [0.25, 0.3) is 11.0 Å². The van der Waals surface area contributed by atoms with Crippen LogP contribution >= 0.6 is 12.4 Å². The minimum Gasteiger partial charge on any atom is -0.497 e. The lowest BCUT2D eigenvalue weighted by Gasteiger charge is -2.14. The zero-order chi connectivity index (χ0) is 20.1. The van der Waals surface area contributed by atoms with E-state index < -0.39 is 12.1 Å². The number of ether oxygens (including phenoxy) is 3. The molecule has 2 atom stereocenters. The molecule has 156 valence electrons. The summed E-state index contributed by atoms with van der Waals surface area (Å²) in [5.74, 6) is 1.20. The Labute approximate surface area is 175 Å². The number of methoxy groups -OCH3 is 1. The molecule has 2 aromatic carbocycles. The van der Waals surface area contributed by atoms with Crippen LogP contribution in [-0.2, 0) is 16.0 Å². The molecule has 0 aliphatic heterocycles. The van der Waals surface area contributed by atoms with Gasteiger partial charge in [0, 0.05) is 19.1 Å². The zero-order valence-corrected chi connectivity index (χ0v) is 17.4. The van der Waals surface area contributed by atoms with E-state index in [1.165, 1.54) is 0 Å².